The van der Waals surface area contributed by atoms with Gasteiger partial charge in [-0.1, -0.05) is 0 Å². The predicted octanol–water partition coefficient (Wildman–Crippen LogP) is 4.22. The van der Waals surface area contributed by atoms with Crippen LogP contribution in [0.3, 0.4) is 0 Å². The molecule has 2 aromatic heterocycles. The van der Waals surface area contributed by atoms with E-state index in [1.54, 1.807) is 12.5 Å². The molecule has 0 fully saturated rings. The van der Waals surface area contributed by atoms with Crippen molar-refractivity contribution in [3.8, 4) is 17.2 Å². The number of rotatable bonds is 5. The van der Waals surface area contributed by atoms with E-state index in [9.17, 15) is 13.2 Å². The van der Waals surface area contributed by atoms with Crippen molar-refractivity contribution in [3.05, 3.63) is 59.5 Å². The highest BCUT2D eigenvalue weighted by molar-refractivity contribution is 7.90. The number of nitrogens with zero attached hydrogens (tertiary/aromatic N) is 1. The number of methoxy groups -OCH3 is 1. The van der Waals surface area contributed by atoms with Gasteiger partial charge in [0.15, 0.2) is 20.7 Å². The van der Waals surface area contributed by atoms with Crippen LogP contribution in [0.1, 0.15) is 10.4 Å². The summed E-state index contributed by atoms with van der Waals surface area (Å²) in [6, 6.07) is 13.1. The van der Waals surface area contributed by atoms with Gasteiger partial charge in [-0.3, -0.25) is 10.1 Å². The number of furan rings is 1. The average Bonchev–Trinajstić information content (AvgIpc) is 3.33. The molecule has 1 amide bonds. The van der Waals surface area contributed by atoms with E-state index in [2.05, 4.69) is 10.3 Å². The number of sulfone groups is 1. The van der Waals surface area contributed by atoms with Gasteiger partial charge in [-0.05, 0) is 48.5 Å². The van der Waals surface area contributed by atoms with E-state index in [-0.39, 0.29) is 10.8 Å². The fourth-order valence-corrected chi connectivity index (χ4v) is 4.07. The zero-order chi connectivity index (χ0) is 20.6. The van der Waals surface area contributed by atoms with Crippen LogP contribution in [0.4, 0.5) is 5.13 Å². The van der Waals surface area contributed by atoms with Crippen LogP contribution in [-0.2, 0) is 9.84 Å². The van der Waals surface area contributed by atoms with E-state index in [0.717, 1.165) is 17.4 Å². The maximum absolute atomic E-state index is 12.4. The number of nitrogens with one attached hydrogen (secondary N) is 1. The fraction of sp³-hybridized carbons (Fsp3) is 0.100. The summed E-state index contributed by atoms with van der Waals surface area (Å²) in [5.74, 6) is 0.945. The molecule has 0 saturated heterocycles. The Hall–Kier alpha value is -3.17. The Morgan fingerprint density at radius 2 is 1.90 bits per heavy atom. The first kappa shape index (κ1) is 19.2. The minimum Gasteiger partial charge on any atom is -0.497 e. The summed E-state index contributed by atoms with van der Waals surface area (Å²) in [5, 5.41) is 5.81. The third kappa shape index (κ3) is 4.01. The number of anilines is 1. The molecule has 0 unspecified atom stereocenters. The number of ether oxygens (including phenoxy) is 1. The van der Waals surface area contributed by atoms with Crippen LogP contribution in [0.25, 0.3) is 22.4 Å². The third-order valence-electron chi connectivity index (χ3n) is 4.25. The number of hydrogen-bond donors (Lipinski definition) is 1. The van der Waals surface area contributed by atoms with E-state index < -0.39 is 9.84 Å². The highest BCUT2D eigenvalue weighted by Crippen LogP contribution is 2.32. The molecular weight excluding hydrogens is 412 g/mol. The van der Waals surface area contributed by atoms with Gasteiger partial charge in [0.05, 0.1) is 12.0 Å². The molecule has 2 heterocycles. The largest absolute Gasteiger partial charge is 0.497 e. The summed E-state index contributed by atoms with van der Waals surface area (Å²) >= 11 is 1.27. The number of fused-ring (bicyclic) bond motifs is 1. The van der Waals surface area contributed by atoms with Crippen LogP contribution in [0.5, 0.6) is 5.75 Å². The summed E-state index contributed by atoms with van der Waals surface area (Å²) in [7, 11) is -1.70. The predicted molar refractivity (Wildman–Crippen MR) is 111 cm³/mol. The molecule has 0 saturated carbocycles. The lowest BCUT2D eigenvalue weighted by Gasteiger charge is -2.03. The van der Waals surface area contributed by atoms with Crippen LogP contribution in [0.2, 0.25) is 0 Å². The van der Waals surface area contributed by atoms with Gasteiger partial charge in [-0.15, -0.1) is 11.3 Å². The molecule has 0 aliphatic heterocycles. The number of thiazole rings is 1. The summed E-state index contributed by atoms with van der Waals surface area (Å²) in [4.78, 5) is 17.0. The Labute approximate surface area is 170 Å². The molecule has 1 N–H and O–H groups in total. The van der Waals surface area contributed by atoms with Crippen molar-refractivity contribution in [2.75, 3.05) is 18.7 Å². The highest BCUT2D eigenvalue weighted by Gasteiger charge is 2.14. The number of amides is 1. The van der Waals surface area contributed by atoms with Crippen molar-refractivity contribution >= 4 is 43.2 Å². The summed E-state index contributed by atoms with van der Waals surface area (Å²) in [6.07, 6.45) is 1.12. The maximum Gasteiger partial charge on any atom is 0.257 e. The molecule has 7 nitrogen and oxygen atoms in total. The number of hydrogen-bond acceptors (Lipinski definition) is 7. The third-order valence-corrected chi connectivity index (χ3v) is 6.13. The molecule has 0 radical (unpaired) electrons. The second-order valence-electron chi connectivity index (χ2n) is 6.30. The SMILES string of the molecule is COc1ccc2oc(-c3csc(NC(=O)c4ccc(S(C)(=O)=O)cc4)n3)cc2c1. The Morgan fingerprint density at radius 1 is 1.14 bits per heavy atom. The second-order valence-corrected chi connectivity index (χ2v) is 9.18. The molecule has 0 aliphatic rings. The van der Waals surface area contributed by atoms with Gasteiger partial charge in [0, 0.05) is 22.6 Å². The van der Waals surface area contributed by atoms with E-state index in [1.165, 1.54) is 35.6 Å². The Kier molecular flexibility index (Phi) is 4.85. The lowest BCUT2D eigenvalue weighted by Crippen LogP contribution is -2.11. The van der Waals surface area contributed by atoms with Gasteiger partial charge in [0.2, 0.25) is 0 Å². The first-order valence-electron chi connectivity index (χ1n) is 8.48. The summed E-state index contributed by atoms with van der Waals surface area (Å²) < 4.78 is 34.1. The Bertz CT molecular complexity index is 1300. The van der Waals surface area contributed by atoms with Gasteiger partial charge >= 0.3 is 0 Å². The van der Waals surface area contributed by atoms with Crippen molar-refractivity contribution in [3.63, 3.8) is 0 Å². The van der Waals surface area contributed by atoms with Crippen LogP contribution < -0.4 is 10.1 Å². The fourth-order valence-electron chi connectivity index (χ4n) is 2.74. The van der Waals surface area contributed by atoms with Crippen molar-refractivity contribution < 1.29 is 22.4 Å². The minimum absolute atomic E-state index is 0.159. The number of carbonyl (C=O) groups is 1. The van der Waals surface area contributed by atoms with Crippen LogP contribution in [-0.4, -0.2) is 32.7 Å². The minimum atomic E-state index is -3.31. The molecule has 0 aliphatic carbocycles. The molecule has 0 atom stereocenters. The standard InChI is InChI=1S/C20H16N2O5S2/c1-26-14-5-8-17-13(9-14)10-18(27-17)16-11-28-20(21-16)22-19(23)12-3-6-15(7-4-12)29(2,24)25/h3-11H,1-2H3,(H,21,22,23). The van der Waals surface area contributed by atoms with Crippen LogP contribution >= 0.6 is 11.3 Å². The molecule has 29 heavy (non-hydrogen) atoms. The molecule has 9 heteroatoms. The molecular formula is C20H16N2O5S2. The lowest BCUT2D eigenvalue weighted by molar-refractivity contribution is 0.102. The van der Waals surface area contributed by atoms with E-state index in [1.807, 2.05) is 24.3 Å². The van der Waals surface area contributed by atoms with Crippen molar-refractivity contribution in [2.24, 2.45) is 0 Å². The van der Waals surface area contributed by atoms with Gasteiger partial charge in [-0.2, -0.15) is 0 Å². The Balaban J connectivity index is 1.52. The Morgan fingerprint density at radius 3 is 2.59 bits per heavy atom. The molecule has 2 aromatic carbocycles. The molecule has 0 spiro atoms. The number of benzene rings is 2. The topological polar surface area (TPSA) is 98.5 Å². The molecule has 0 bridgehead atoms. The summed E-state index contributed by atoms with van der Waals surface area (Å²) in [5.41, 5.74) is 1.66. The molecule has 4 aromatic rings. The van der Waals surface area contributed by atoms with Crippen molar-refractivity contribution in [1.82, 2.24) is 4.98 Å². The van der Waals surface area contributed by atoms with E-state index in [0.29, 0.717) is 27.7 Å². The molecule has 148 valence electrons. The van der Waals surface area contributed by atoms with Crippen molar-refractivity contribution in [1.29, 1.82) is 0 Å². The van der Waals surface area contributed by atoms with Gasteiger partial charge in [0.25, 0.3) is 5.91 Å². The first-order chi connectivity index (χ1) is 13.8. The first-order valence-corrected chi connectivity index (χ1v) is 11.3. The number of carbonyl (C=O) groups excluding carboxylic acids is 1. The normalized spacial score (nSPS) is 11.5. The number of aromatic nitrogens is 1. The van der Waals surface area contributed by atoms with Crippen LogP contribution in [0.15, 0.2) is 63.2 Å². The van der Waals surface area contributed by atoms with Gasteiger partial charge in [0.1, 0.15) is 17.0 Å². The molecule has 4 rings (SSSR count). The zero-order valence-corrected chi connectivity index (χ0v) is 17.1. The van der Waals surface area contributed by atoms with Crippen molar-refractivity contribution in [2.45, 2.75) is 4.90 Å². The monoisotopic (exact) mass is 428 g/mol. The maximum atomic E-state index is 12.4. The smallest absolute Gasteiger partial charge is 0.257 e. The average molecular weight is 428 g/mol. The highest BCUT2D eigenvalue weighted by atomic mass is 32.2. The van der Waals surface area contributed by atoms with Crippen LogP contribution in [0, 0.1) is 0 Å². The van der Waals surface area contributed by atoms with E-state index in [4.69, 9.17) is 9.15 Å². The van der Waals surface area contributed by atoms with E-state index >= 15 is 0 Å². The quantitative estimate of drug-likeness (QED) is 0.511. The van der Waals surface area contributed by atoms with Gasteiger partial charge in [-0.25, -0.2) is 13.4 Å². The van der Waals surface area contributed by atoms with Gasteiger partial charge < -0.3 is 9.15 Å². The second kappa shape index (κ2) is 7.34. The lowest BCUT2D eigenvalue weighted by atomic mass is 10.2. The summed E-state index contributed by atoms with van der Waals surface area (Å²) in [6.45, 7) is 0. The zero-order valence-electron chi connectivity index (χ0n) is 15.5.